The minimum absolute atomic E-state index is 0.0504. The maximum absolute atomic E-state index is 12.4. The Balaban J connectivity index is 2.05. The molecule has 136 valence electrons. The first-order valence-corrected chi connectivity index (χ1v) is 9.29. The van der Waals surface area contributed by atoms with Gasteiger partial charge >= 0.3 is 0 Å². The molecule has 1 amide bonds. The van der Waals surface area contributed by atoms with Crippen molar-refractivity contribution in [2.45, 2.75) is 11.3 Å². The molecule has 0 aromatic heterocycles. The molecule has 0 spiro atoms. The number of ether oxygens (including phenoxy) is 2. The van der Waals surface area contributed by atoms with E-state index in [9.17, 15) is 13.2 Å². The van der Waals surface area contributed by atoms with E-state index >= 15 is 0 Å². The number of sulfone groups is 1. The highest BCUT2D eigenvalue weighted by molar-refractivity contribution is 7.91. The summed E-state index contributed by atoms with van der Waals surface area (Å²) in [5.74, 6) is -0.0937. The highest BCUT2D eigenvalue weighted by Crippen LogP contribution is 2.29. The average Bonchev–Trinajstić information content (AvgIpc) is 2.66. The summed E-state index contributed by atoms with van der Waals surface area (Å²) in [6.45, 7) is 0. The average molecular weight is 374 g/mol. The summed E-state index contributed by atoms with van der Waals surface area (Å²) in [6, 6.07) is 12.6. The topological polar surface area (TPSA) is 105 Å². The van der Waals surface area contributed by atoms with Gasteiger partial charge in [-0.2, -0.15) is 5.26 Å². The molecule has 0 bridgehead atoms. The molecule has 0 aliphatic heterocycles. The second kappa shape index (κ2) is 8.36. The summed E-state index contributed by atoms with van der Waals surface area (Å²) in [6.07, 6.45) is -0.215. The molecule has 0 aliphatic rings. The second-order valence-corrected chi connectivity index (χ2v) is 7.44. The number of nitrogens with one attached hydrogen (secondary N) is 1. The molecular formula is C18H18N2O5S. The van der Waals surface area contributed by atoms with Crippen LogP contribution in [0.4, 0.5) is 5.69 Å². The van der Waals surface area contributed by atoms with Gasteiger partial charge in [-0.25, -0.2) is 8.42 Å². The number of hydrogen-bond donors (Lipinski definition) is 1. The largest absolute Gasteiger partial charge is 0.493 e. The van der Waals surface area contributed by atoms with Gasteiger partial charge in [0.05, 0.1) is 36.5 Å². The standard InChI is InChI=1S/C18H18N2O5S/c1-24-16-7-6-15(11-17(16)25-2)26(22,23)9-8-18(21)20-14-5-3-4-13(10-14)12-19/h3-7,10-11H,8-9H2,1-2H3,(H,20,21). The second-order valence-electron chi connectivity index (χ2n) is 5.33. The van der Waals surface area contributed by atoms with E-state index in [0.29, 0.717) is 22.7 Å². The molecule has 8 heteroatoms. The molecule has 1 N–H and O–H groups in total. The van der Waals surface area contributed by atoms with Gasteiger partial charge < -0.3 is 14.8 Å². The van der Waals surface area contributed by atoms with E-state index in [2.05, 4.69) is 5.32 Å². The normalized spacial score (nSPS) is 10.7. The van der Waals surface area contributed by atoms with E-state index in [1.807, 2.05) is 6.07 Å². The van der Waals surface area contributed by atoms with Crippen molar-refractivity contribution in [3.8, 4) is 17.6 Å². The number of hydrogen-bond acceptors (Lipinski definition) is 6. The number of nitrogens with zero attached hydrogens (tertiary/aromatic N) is 1. The number of carbonyl (C=O) groups excluding carboxylic acids is 1. The van der Waals surface area contributed by atoms with Gasteiger partial charge in [0.25, 0.3) is 0 Å². The molecule has 0 unspecified atom stereocenters. The lowest BCUT2D eigenvalue weighted by Gasteiger charge is -2.10. The van der Waals surface area contributed by atoms with E-state index in [0.717, 1.165) is 0 Å². The number of carbonyl (C=O) groups is 1. The van der Waals surface area contributed by atoms with E-state index in [4.69, 9.17) is 14.7 Å². The van der Waals surface area contributed by atoms with Gasteiger partial charge in [0.2, 0.25) is 5.91 Å². The number of nitriles is 1. The van der Waals surface area contributed by atoms with Crippen molar-refractivity contribution in [2.24, 2.45) is 0 Å². The number of rotatable bonds is 7. The van der Waals surface area contributed by atoms with Crippen LogP contribution in [-0.2, 0) is 14.6 Å². The third kappa shape index (κ3) is 4.74. The first-order chi connectivity index (χ1) is 12.4. The highest BCUT2D eigenvalue weighted by Gasteiger charge is 2.19. The Labute approximate surface area is 152 Å². The van der Waals surface area contributed by atoms with Gasteiger partial charge in [0.1, 0.15) is 0 Å². The molecule has 0 heterocycles. The van der Waals surface area contributed by atoms with Crippen molar-refractivity contribution in [1.82, 2.24) is 0 Å². The number of methoxy groups -OCH3 is 2. The summed E-state index contributed by atoms with van der Waals surface area (Å²) >= 11 is 0. The van der Waals surface area contributed by atoms with Crippen LogP contribution in [0, 0.1) is 11.3 Å². The van der Waals surface area contributed by atoms with Gasteiger partial charge in [-0.3, -0.25) is 4.79 Å². The van der Waals surface area contributed by atoms with Crippen molar-refractivity contribution < 1.29 is 22.7 Å². The third-order valence-electron chi connectivity index (χ3n) is 3.59. The van der Waals surface area contributed by atoms with Crippen LogP contribution in [0.2, 0.25) is 0 Å². The zero-order chi connectivity index (χ0) is 19.2. The van der Waals surface area contributed by atoms with Gasteiger partial charge in [-0.15, -0.1) is 0 Å². The molecule has 0 aliphatic carbocycles. The first kappa shape index (κ1) is 19.3. The molecular weight excluding hydrogens is 356 g/mol. The minimum atomic E-state index is -3.67. The Kier molecular flexibility index (Phi) is 6.20. The fraction of sp³-hybridized carbons (Fsp3) is 0.222. The monoisotopic (exact) mass is 374 g/mol. The minimum Gasteiger partial charge on any atom is -0.493 e. The molecule has 2 aromatic carbocycles. The summed E-state index contributed by atoms with van der Waals surface area (Å²) in [5, 5.41) is 11.4. The Bertz CT molecular complexity index is 948. The summed E-state index contributed by atoms with van der Waals surface area (Å²) in [5.41, 5.74) is 0.846. The quantitative estimate of drug-likeness (QED) is 0.798. The van der Waals surface area contributed by atoms with Crippen molar-refractivity contribution in [1.29, 1.82) is 5.26 Å². The fourth-order valence-electron chi connectivity index (χ4n) is 2.24. The Morgan fingerprint density at radius 1 is 1.12 bits per heavy atom. The van der Waals surface area contributed by atoms with E-state index in [1.165, 1.54) is 38.5 Å². The maximum Gasteiger partial charge on any atom is 0.225 e. The number of anilines is 1. The highest BCUT2D eigenvalue weighted by atomic mass is 32.2. The van der Waals surface area contributed by atoms with Crippen molar-refractivity contribution in [3.63, 3.8) is 0 Å². The van der Waals surface area contributed by atoms with Crippen LogP contribution >= 0.6 is 0 Å². The molecule has 0 saturated heterocycles. The lowest BCUT2D eigenvalue weighted by atomic mass is 10.2. The van der Waals surface area contributed by atoms with Crippen LogP contribution in [-0.4, -0.2) is 34.3 Å². The smallest absolute Gasteiger partial charge is 0.225 e. The van der Waals surface area contributed by atoms with Gasteiger partial charge in [0, 0.05) is 18.2 Å². The maximum atomic E-state index is 12.4. The van der Waals surface area contributed by atoms with Crippen molar-refractivity contribution in [3.05, 3.63) is 48.0 Å². The number of amides is 1. The fourth-order valence-corrected chi connectivity index (χ4v) is 3.50. The number of benzene rings is 2. The molecule has 7 nitrogen and oxygen atoms in total. The van der Waals surface area contributed by atoms with Crippen LogP contribution in [0.3, 0.4) is 0 Å². The Hall–Kier alpha value is -3.05. The molecule has 0 fully saturated rings. The van der Waals surface area contributed by atoms with E-state index < -0.39 is 15.7 Å². The zero-order valence-corrected chi connectivity index (χ0v) is 15.2. The van der Waals surface area contributed by atoms with Gasteiger partial charge in [-0.05, 0) is 30.3 Å². The van der Waals surface area contributed by atoms with Crippen LogP contribution in [0.15, 0.2) is 47.4 Å². The molecule has 0 saturated carbocycles. The van der Waals surface area contributed by atoms with Crippen molar-refractivity contribution in [2.75, 3.05) is 25.3 Å². The van der Waals surface area contributed by atoms with E-state index in [1.54, 1.807) is 18.2 Å². The van der Waals surface area contributed by atoms with Gasteiger partial charge in [0.15, 0.2) is 21.3 Å². The van der Waals surface area contributed by atoms with Gasteiger partial charge in [-0.1, -0.05) is 6.07 Å². The third-order valence-corrected chi connectivity index (χ3v) is 5.30. The van der Waals surface area contributed by atoms with Crippen molar-refractivity contribution >= 4 is 21.4 Å². The molecule has 26 heavy (non-hydrogen) atoms. The summed E-state index contributed by atoms with van der Waals surface area (Å²) in [4.78, 5) is 12.1. The lowest BCUT2D eigenvalue weighted by Crippen LogP contribution is -2.17. The Morgan fingerprint density at radius 3 is 2.50 bits per heavy atom. The van der Waals surface area contributed by atoms with Crippen LogP contribution in [0.25, 0.3) is 0 Å². The molecule has 0 atom stereocenters. The SMILES string of the molecule is COc1ccc(S(=O)(=O)CCC(=O)Nc2cccc(C#N)c2)cc1OC. The molecule has 0 radical (unpaired) electrons. The Morgan fingerprint density at radius 2 is 1.85 bits per heavy atom. The summed E-state index contributed by atoms with van der Waals surface area (Å²) < 4.78 is 35.1. The molecule has 2 aromatic rings. The van der Waals surface area contributed by atoms with E-state index in [-0.39, 0.29) is 17.1 Å². The van der Waals surface area contributed by atoms with Crippen LogP contribution < -0.4 is 14.8 Å². The predicted molar refractivity (Wildman–Crippen MR) is 96.0 cm³/mol. The predicted octanol–water partition coefficient (Wildman–Crippen LogP) is 2.38. The first-order valence-electron chi connectivity index (χ1n) is 7.64. The van der Waals surface area contributed by atoms with Crippen LogP contribution in [0.1, 0.15) is 12.0 Å². The zero-order valence-electron chi connectivity index (χ0n) is 14.4. The molecule has 2 rings (SSSR count). The summed E-state index contributed by atoms with van der Waals surface area (Å²) in [7, 11) is -0.797. The lowest BCUT2D eigenvalue weighted by molar-refractivity contribution is -0.115. The van der Waals surface area contributed by atoms with Crippen LogP contribution in [0.5, 0.6) is 11.5 Å².